The van der Waals surface area contributed by atoms with Crippen LogP contribution in [0.1, 0.15) is 28.8 Å². The van der Waals surface area contributed by atoms with Crippen molar-refractivity contribution in [2.75, 3.05) is 0 Å². The van der Waals surface area contributed by atoms with Gasteiger partial charge in [0.1, 0.15) is 0 Å². The molecule has 2 rings (SSSR count). The third-order valence-electron chi connectivity index (χ3n) is 2.66. The number of Topliss-reactive ketones (excluding diaryl/α,β-unsaturated/α-hetero) is 1. The smallest absolute Gasteiger partial charge is 0.189 e. The normalized spacial score (nSPS) is 17.3. The van der Waals surface area contributed by atoms with Gasteiger partial charge in [0.05, 0.1) is 12.5 Å². The Morgan fingerprint density at radius 2 is 2.13 bits per heavy atom. The average molecular weight is 197 g/mol. The number of rotatable bonds is 1. The molecule has 0 unspecified atom stereocenters. The van der Waals surface area contributed by atoms with E-state index in [0.717, 1.165) is 29.5 Å². The van der Waals surface area contributed by atoms with Crippen LogP contribution in [0.4, 0.5) is 0 Å². The molecule has 1 aliphatic rings. The maximum atomic E-state index is 11.9. The van der Waals surface area contributed by atoms with E-state index < -0.39 is 0 Å². The number of nitrogens with zero attached hydrogens (tertiary/aromatic N) is 1. The van der Waals surface area contributed by atoms with Crippen LogP contribution in [0, 0.1) is 11.3 Å². The van der Waals surface area contributed by atoms with Gasteiger partial charge in [-0.1, -0.05) is 30.3 Å². The number of hydrogen-bond acceptors (Lipinski definition) is 2. The van der Waals surface area contributed by atoms with E-state index in [1.165, 1.54) is 0 Å². The lowest BCUT2D eigenvalue weighted by Crippen LogP contribution is -2.13. The molecule has 2 nitrogen and oxygen atoms in total. The van der Waals surface area contributed by atoms with Gasteiger partial charge >= 0.3 is 0 Å². The monoisotopic (exact) mass is 197 g/mol. The van der Waals surface area contributed by atoms with Crippen LogP contribution in [0.2, 0.25) is 0 Å². The third kappa shape index (κ3) is 1.82. The van der Waals surface area contributed by atoms with Gasteiger partial charge in [-0.2, -0.15) is 5.26 Å². The van der Waals surface area contributed by atoms with Gasteiger partial charge in [-0.15, -0.1) is 0 Å². The number of aryl methyl sites for hydroxylation is 1. The van der Waals surface area contributed by atoms with E-state index in [-0.39, 0.29) is 5.78 Å². The predicted molar refractivity (Wildman–Crippen MR) is 57.4 cm³/mol. The fourth-order valence-electron chi connectivity index (χ4n) is 1.88. The molecule has 0 aliphatic heterocycles. The Kier molecular flexibility index (Phi) is 2.64. The number of benzene rings is 1. The molecule has 0 aromatic heterocycles. The number of ketones is 1. The van der Waals surface area contributed by atoms with Crippen molar-refractivity contribution in [2.24, 2.45) is 0 Å². The van der Waals surface area contributed by atoms with Crippen LogP contribution >= 0.6 is 0 Å². The van der Waals surface area contributed by atoms with Crippen LogP contribution in [0.3, 0.4) is 0 Å². The molecule has 0 fully saturated rings. The molecule has 0 bridgehead atoms. The molecule has 74 valence electrons. The van der Waals surface area contributed by atoms with Gasteiger partial charge in [-0.25, -0.2) is 0 Å². The van der Waals surface area contributed by atoms with Crippen LogP contribution in [0.15, 0.2) is 35.9 Å². The lowest BCUT2D eigenvalue weighted by molar-refractivity contribution is 0.102. The second-order valence-corrected chi connectivity index (χ2v) is 3.58. The Labute approximate surface area is 88.8 Å². The topological polar surface area (TPSA) is 40.9 Å². The summed E-state index contributed by atoms with van der Waals surface area (Å²) in [5.41, 5.74) is 2.71. The molecular formula is C13H11NO. The predicted octanol–water partition coefficient (Wildman–Crippen LogP) is 2.66. The van der Waals surface area contributed by atoms with E-state index in [4.69, 9.17) is 5.26 Å². The minimum atomic E-state index is 0.0899. The molecule has 0 saturated carbocycles. The van der Waals surface area contributed by atoms with Crippen LogP contribution in [-0.2, 0) is 6.42 Å². The number of fused-ring (bicyclic) bond motifs is 1. The van der Waals surface area contributed by atoms with Crippen molar-refractivity contribution in [3.8, 4) is 6.07 Å². The highest BCUT2D eigenvalue weighted by Gasteiger charge is 2.20. The molecule has 0 atom stereocenters. The Bertz CT molecular complexity index is 466. The largest absolute Gasteiger partial charge is 0.289 e. The zero-order valence-electron chi connectivity index (χ0n) is 8.36. The Balaban J connectivity index is 2.35. The second kappa shape index (κ2) is 4.10. The highest BCUT2D eigenvalue weighted by atomic mass is 16.1. The summed E-state index contributed by atoms with van der Waals surface area (Å²) in [6.07, 6.45) is 3.73. The molecule has 1 aromatic carbocycles. The van der Waals surface area contributed by atoms with Crippen molar-refractivity contribution in [3.05, 3.63) is 47.0 Å². The first-order chi connectivity index (χ1) is 7.33. The SMILES string of the molecule is N#CC/C=C1\CCc2ccccc2C1=O. The quantitative estimate of drug-likeness (QED) is 0.649. The molecule has 1 aliphatic carbocycles. The number of allylic oxidation sites excluding steroid dienone is 2. The van der Waals surface area contributed by atoms with Gasteiger partial charge in [0.2, 0.25) is 0 Å². The van der Waals surface area contributed by atoms with Crippen molar-refractivity contribution in [1.82, 2.24) is 0 Å². The zero-order valence-corrected chi connectivity index (χ0v) is 8.36. The minimum absolute atomic E-state index is 0.0899. The van der Waals surface area contributed by atoms with Crippen molar-refractivity contribution < 1.29 is 4.79 Å². The number of hydrogen-bond donors (Lipinski definition) is 0. The highest BCUT2D eigenvalue weighted by Crippen LogP contribution is 2.24. The van der Waals surface area contributed by atoms with Crippen molar-refractivity contribution in [3.63, 3.8) is 0 Å². The third-order valence-corrected chi connectivity index (χ3v) is 2.66. The number of nitriles is 1. The molecule has 2 heteroatoms. The summed E-state index contributed by atoms with van der Waals surface area (Å²) in [5.74, 6) is 0.0899. The summed E-state index contributed by atoms with van der Waals surface area (Å²) < 4.78 is 0. The molecule has 0 heterocycles. The fourth-order valence-corrected chi connectivity index (χ4v) is 1.88. The van der Waals surface area contributed by atoms with E-state index in [1.807, 2.05) is 30.3 Å². The van der Waals surface area contributed by atoms with Crippen molar-refractivity contribution in [1.29, 1.82) is 5.26 Å². The molecule has 0 N–H and O–H groups in total. The van der Waals surface area contributed by atoms with Crippen molar-refractivity contribution >= 4 is 5.78 Å². The molecule has 0 amide bonds. The van der Waals surface area contributed by atoms with Gasteiger partial charge in [0.25, 0.3) is 0 Å². The van der Waals surface area contributed by atoms with Crippen LogP contribution in [0.5, 0.6) is 0 Å². The van der Waals surface area contributed by atoms with Gasteiger partial charge < -0.3 is 0 Å². The zero-order chi connectivity index (χ0) is 10.7. The summed E-state index contributed by atoms with van der Waals surface area (Å²) >= 11 is 0. The Morgan fingerprint density at radius 1 is 1.33 bits per heavy atom. The maximum Gasteiger partial charge on any atom is 0.189 e. The van der Waals surface area contributed by atoms with E-state index in [1.54, 1.807) is 6.08 Å². The molecule has 1 aromatic rings. The molecule has 15 heavy (non-hydrogen) atoms. The standard InChI is InChI=1S/C13H11NO/c14-9-3-5-11-8-7-10-4-1-2-6-12(10)13(11)15/h1-2,4-6H,3,7-8H2/b11-5+. The molecular weight excluding hydrogens is 186 g/mol. The van der Waals surface area contributed by atoms with E-state index >= 15 is 0 Å². The van der Waals surface area contributed by atoms with Gasteiger partial charge in [0, 0.05) is 5.56 Å². The Morgan fingerprint density at radius 3 is 2.93 bits per heavy atom. The molecule has 0 radical (unpaired) electrons. The minimum Gasteiger partial charge on any atom is -0.289 e. The van der Waals surface area contributed by atoms with Crippen LogP contribution < -0.4 is 0 Å². The fraction of sp³-hybridized carbons (Fsp3) is 0.231. The highest BCUT2D eigenvalue weighted by molar-refractivity contribution is 6.10. The van der Waals surface area contributed by atoms with Gasteiger partial charge in [-0.05, 0) is 24.0 Å². The lowest BCUT2D eigenvalue weighted by atomic mass is 9.86. The van der Waals surface area contributed by atoms with Crippen LogP contribution in [0.25, 0.3) is 0 Å². The summed E-state index contributed by atoms with van der Waals surface area (Å²) in [5, 5.41) is 8.47. The number of carbonyl (C=O) groups is 1. The first kappa shape index (κ1) is 9.67. The number of carbonyl (C=O) groups excluding carboxylic acids is 1. The first-order valence-corrected chi connectivity index (χ1v) is 5.01. The van der Waals surface area contributed by atoms with Crippen LogP contribution in [-0.4, -0.2) is 5.78 Å². The second-order valence-electron chi connectivity index (χ2n) is 3.58. The molecule has 0 saturated heterocycles. The van der Waals surface area contributed by atoms with E-state index in [0.29, 0.717) is 6.42 Å². The first-order valence-electron chi connectivity index (χ1n) is 5.01. The summed E-state index contributed by atoms with van der Waals surface area (Å²) in [6, 6.07) is 9.72. The summed E-state index contributed by atoms with van der Waals surface area (Å²) in [6.45, 7) is 0. The molecule has 0 spiro atoms. The van der Waals surface area contributed by atoms with Crippen molar-refractivity contribution in [2.45, 2.75) is 19.3 Å². The van der Waals surface area contributed by atoms with Gasteiger partial charge in [-0.3, -0.25) is 4.79 Å². The Hall–Kier alpha value is -1.88. The van der Waals surface area contributed by atoms with E-state index in [2.05, 4.69) is 0 Å². The van der Waals surface area contributed by atoms with E-state index in [9.17, 15) is 4.79 Å². The summed E-state index contributed by atoms with van der Waals surface area (Å²) in [7, 11) is 0. The average Bonchev–Trinajstić information content (AvgIpc) is 2.29. The summed E-state index contributed by atoms with van der Waals surface area (Å²) in [4.78, 5) is 11.9. The lowest BCUT2D eigenvalue weighted by Gasteiger charge is -2.16. The van der Waals surface area contributed by atoms with Gasteiger partial charge in [0.15, 0.2) is 5.78 Å². The maximum absolute atomic E-state index is 11.9.